The molecule has 0 spiro atoms. The van der Waals surface area contributed by atoms with Gasteiger partial charge in [0.1, 0.15) is 5.54 Å². The van der Waals surface area contributed by atoms with Crippen molar-refractivity contribution in [3.8, 4) is 0 Å². The van der Waals surface area contributed by atoms with Crippen LogP contribution in [0.1, 0.15) is 33.6 Å². The van der Waals surface area contributed by atoms with Crippen molar-refractivity contribution < 1.29 is 9.53 Å². The van der Waals surface area contributed by atoms with Crippen LogP contribution in [0.2, 0.25) is 0 Å². The van der Waals surface area contributed by atoms with Crippen LogP contribution in [-0.4, -0.2) is 75.2 Å². The maximum atomic E-state index is 12.1. The van der Waals surface area contributed by atoms with Crippen LogP contribution in [0.5, 0.6) is 0 Å². The zero-order valence-corrected chi connectivity index (χ0v) is 14.2. The number of rotatable bonds is 11. The molecule has 0 aliphatic carbocycles. The lowest BCUT2D eigenvalue weighted by Crippen LogP contribution is -2.58. The molecule has 0 heterocycles. The van der Waals surface area contributed by atoms with E-state index in [1.54, 1.807) is 0 Å². The number of nitrogens with zero attached hydrogens (tertiary/aromatic N) is 2. The second-order valence-corrected chi connectivity index (χ2v) is 5.83. The van der Waals surface area contributed by atoms with Crippen LogP contribution in [0.15, 0.2) is 0 Å². The standard InChI is InChI=1S/C15H33N3O2/c1-7-9-16-15(3,14(19)20-6)13-18(10-8-2)12-11-17(4)5/h16H,7-13H2,1-6H3. The topological polar surface area (TPSA) is 44.8 Å². The van der Waals surface area contributed by atoms with Gasteiger partial charge >= 0.3 is 5.97 Å². The minimum atomic E-state index is -0.633. The SMILES string of the molecule is CCCNC(C)(CN(CCC)CCN(C)C)C(=O)OC. The number of hydrogen-bond acceptors (Lipinski definition) is 5. The maximum absolute atomic E-state index is 12.1. The van der Waals surface area contributed by atoms with Crippen LogP contribution >= 0.6 is 0 Å². The molecule has 20 heavy (non-hydrogen) atoms. The molecule has 120 valence electrons. The summed E-state index contributed by atoms with van der Waals surface area (Å²) in [5, 5.41) is 3.34. The van der Waals surface area contributed by atoms with E-state index in [1.807, 2.05) is 6.92 Å². The molecule has 0 radical (unpaired) electrons. The molecule has 0 bridgehead atoms. The molecule has 0 saturated carbocycles. The van der Waals surface area contributed by atoms with Crippen molar-refractivity contribution in [3.05, 3.63) is 0 Å². The Morgan fingerprint density at radius 1 is 1.15 bits per heavy atom. The number of methoxy groups -OCH3 is 1. The van der Waals surface area contributed by atoms with E-state index >= 15 is 0 Å². The number of carbonyl (C=O) groups is 1. The number of ether oxygens (including phenoxy) is 1. The van der Waals surface area contributed by atoms with Crippen molar-refractivity contribution in [3.63, 3.8) is 0 Å². The van der Waals surface area contributed by atoms with Crippen molar-refractivity contribution in [2.45, 2.75) is 39.2 Å². The van der Waals surface area contributed by atoms with Gasteiger partial charge in [-0.2, -0.15) is 0 Å². The van der Waals surface area contributed by atoms with E-state index in [0.29, 0.717) is 6.54 Å². The number of nitrogens with one attached hydrogen (secondary N) is 1. The molecule has 0 aromatic heterocycles. The fourth-order valence-corrected chi connectivity index (χ4v) is 2.19. The van der Waals surface area contributed by atoms with Gasteiger partial charge in [-0.1, -0.05) is 13.8 Å². The van der Waals surface area contributed by atoms with Gasteiger partial charge in [0.2, 0.25) is 0 Å². The predicted octanol–water partition coefficient (Wildman–Crippen LogP) is 1.19. The molecular weight excluding hydrogens is 254 g/mol. The first-order valence-electron chi connectivity index (χ1n) is 7.60. The van der Waals surface area contributed by atoms with Gasteiger partial charge in [0.25, 0.3) is 0 Å². The molecule has 5 heteroatoms. The number of hydrogen-bond donors (Lipinski definition) is 1. The normalized spacial score (nSPS) is 14.6. The second kappa shape index (κ2) is 10.1. The summed E-state index contributed by atoms with van der Waals surface area (Å²) in [4.78, 5) is 16.6. The van der Waals surface area contributed by atoms with Crippen molar-refractivity contribution in [1.82, 2.24) is 15.1 Å². The Balaban J connectivity index is 4.73. The third-order valence-electron chi connectivity index (χ3n) is 3.34. The number of esters is 1. The van der Waals surface area contributed by atoms with Crippen LogP contribution in [0, 0.1) is 0 Å². The van der Waals surface area contributed by atoms with Crippen LogP contribution < -0.4 is 5.32 Å². The lowest BCUT2D eigenvalue weighted by molar-refractivity contribution is -0.148. The second-order valence-electron chi connectivity index (χ2n) is 5.83. The highest BCUT2D eigenvalue weighted by Gasteiger charge is 2.35. The van der Waals surface area contributed by atoms with E-state index < -0.39 is 5.54 Å². The van der Waals surface area contributed by atoms with Crippen LogP contribution in [0.25, 0.3) is 0 Å². The fourth-order valence-electron chi connectivity index (χ4n) is 2.19. The molecule has 0 aliphatic heterocycles. The zero-order valence-electron chi connectivity index (χ0n) is 14.2. The van der Waals surface area contributed by atoms with E-state index in [1.165, 1.54) is 7.11 Å². The summed E-state index contributed by atoms with van der Waals surface area (Å²) >= 11 is 0. The Hall–Kier alpha value is -0.650. The van der Waals surface area contributed by atoms with Crippen LogP contribution in [0.4, 0.5) is 0 Å². The molecule has 1 N–H and O–H groups in total. The average Bonchev–Trinajstić information content (AvgIpc) is 2.41. The van der Waals surface area contributed by atoms with E-state index in [2.05, 4.69) is 43.1 Å². The minimum absolute atomic E-state index is 0.183. The highest BCUT2D eigenvalue weighted by molar-refractivity contribution is 5.80. The van der Waals surface area contributed by atoms with Gasteiger partial charge in [0, 0.05) is 19.6 Å². The molecule has 0 rings (SSSR count). The Kier molecular flexibility index (Phi) is 9.80. The van der Waals surface area contributed by atoms with Gasteiger partial charge < -0.3 is 15.0 Å². The monoisotopic (exact) mass is 287 g/mol. The highest BCUT2D eigenvalue weighted by Crippen LogP contribution is 2.10. The molecule has 0 saturated heterocycles. The van der Waals surface area contributed by atoms with Crippen molar-refractivity contribution >= 4 is 5.97 Å². The summed E-state index contributed by atoms with van der Waals surface area (Å²) in [6.07, 6.45) is 2.08. The van der Waals surface area contributed by atoms with E-state index in [-0.39, 0.29) is 5.97 Å². The largest absolute Gasteiger partial charge is 0.468 e. The van der Waals surface area contributed by atoms with Crippen LogP contribution in [-0.2, 0) is 9.53 Å². The van der Waals surface area contributed by atoms with Gasteiger partial charge in [-0.25, -0.2) is 0 Å². The molecule has 5 nitrogen and oxygen atoms in total. The Bertz CT molecular complexity index is 272. The van der Waals surface area contributed by atoms with E-state index in [9.17, 15) is 4.79 Å². The number of carbonyl (C=O) groups excluding carboxylic acids is 1. The molecule has 0 amide bonds. The lowest BCUT2D eigenvalue weighted by atomic mass is 10.0. The maximum Gasteiger partial charge on any atom is 0.327 e. The average molecular weight is 287 g/mol. The summed E-state index contributed by atoms with van der Waals surface area (Å²) < 4.78 is 4.98. The summed E-state index contributed by atoms with van der Waals surface area (Å²) in [6.45, 7) is 10.6. The molecule has 0 aromatic rings. The Labute approximate surface area is 124 Å². The quantitative estimate of drug-likeness (QED) is 0.578. The smallest absolute Gasteiger partial charge is 0.327 e. The third-order valence-corrected chi connectivity index (χ3v) is 3.34. The van der Waals surface area contributed by atoms with E-state index in [4.69, 9.17) is 4.74 Å². The lowest BCUT2D eigenvalue weighted by Gasteiger charge is -2.34. The first kappa shape index (κ1) is 19.4. The van der Waals surface area contributed by atoms with Crippen molar-refractivity contribution in [1.29, 1.82) is 0 Å². The molecule has 0 aromatic carbocycles. The van der Waals surface area contributed by atoms with Crippen LogP contribution in [0.3, 0.4) is 0 Å². The third kappa shape index (κ3) is 7.22. The van der Waals surface area contributed by atoms with Gasteiger partial charge in [-0.3, -0.25) is 9.69 Å². The molecule has 0 fully saturated rings. The molecule has 1 atom stereocenters. The molecule has 1 unspecified atom stereocenters. The van der Waals surface area contributed by atoms with E-state index in [0.717, 1.165) is 39.0 Å². The van der Waals surface area contributed by atoms with Gasteiger partial charge in [-0.15, -0.1) is 0 Å². The Morgan fingerprint density at radius 3 is 2.25 bits per heavy atom. The van der Waals surface area contributed by atoms with Gasteiger partial charge in [-0.05, 0) is 47.0 Å². The van der Waals surface area contributed by atoms with Crippen molar-refractivity contribution in [2.24, 2.45) is 0 Å². The zero-order chi connectivity index (χ0) is 15.6. The predicted molar refractivity (Wildman–Crippen MR) is 84.0 cm³/mol. The molecule has 0 aliphatic rings. The molecular formula is C15H33N3O2. The fraction of sp³-hybridized carbons (Fsp3) is 0.933. The first-order valence-corrected chi connectivity index (χ1v) is 7.60. The van der Waals surface area contributed by atoms with Crippen molar-refractivity contribution in [2.75, 3.05) is 53.9 Å². The summed E-state index contributed by atoms with van der Waals surface area (Å²) in [6, 6.07) is 0. The minimum Gasteiger partial charge on any atom is -0.468 e. The summed E-state index contributed by atoms with van der Waals surface area (Å²) in [5.41, 5.74) is -0.633. The first-order chi connectivity index (χ1) is 9.39. The highest BCUT2D eigenvalue weighted by atomic mass is 16.5. The Morgan fingerprint density at radius 2 is 1.80 bits per heavy atom. The summed E-state index contributed by atoms with van der Waals surface area (Å²) in [7, 11) is 5.59. The number of likely N-dealkylation sites (N-methyl/N-ethyl adjacent to an activating group) is 1. The summed E-state index contributed by atoms with van der Waals surface area (Å²) in [5.74, 6) is -0.183. The van der Waals surface area contributed by atoms with Gasteiger partial charge in [0.05, 0.1) is 7.11 Å². The van der Waals surface area contributed by atoms with Gasteiger partial charge in [0.15, 0.2) is 0 Å².